The summed E-state index contributed by atoms with van der Waals surface area (Å²) in [6, 6.07) is 6.40. The van der Waals surface area contributed by atoms with Gasteiger partial charge in [-0.2, -0.15) is 0 Å². The Kier molecular flexibility index (Phi) is 3.67. The molecular weight excluding hydrogens is 212 g/mol. The molecule has 1 aromatic rings. The SMILES string of the molecule is Cc1ccc(CNC(=O)N2CCCC2)c(C)c1. The van der Waals surface area contributed by atoms with Crippen LogP contribution < -0.4 is 5.32 Å². The molecule has 0 aliphatic carbocycles. The molecule has 1 saturated heterocycles. The number of carbonyl (C=O) groups excluding carboxylic acids is 1. The van der Waals surface area contributed by atoms with E-state index >= 15 is 0 Å². The lowest BCUT2D eigenvalue weighted by Crippen LogP contribution is -2.37. The molecule has 92 valence electrons. The minimum Gasteiger partial charge on any atom is -0.334 e. The summed E-state index contributed by atoms with van der Waals surface area (Å²) in [5.41, 5.74) is 3.70. The highest BCUT2D eigenvalue weighted by molar-refractivity contribution is 5.74. The van der Waals surface area contributed by atoms with Gasteiger partial charge in [-0.1, -0.05) is 23.8 Å². The van der Waals surface area contributed by atoms with Crippen LogP contribution in [0.1, 0.15) is 29.5 Å². The summed E-state index contributed by atoms with van der Waals surface area (Å²) in [7, 11) is 0. The molecule has 1 aliphatic heterocycles. The van der Waals surface area contributed by atoms with Crippen LogP contribution in [0.3, 0.4) is 0 Å². The van der Waals surface area contributed by atoms with Gasteiger partial charge in [-0.3, -0.25) is 0 Å². The molecule has 0 spiro atoms. The molecule has 0 aromatic heterocycles. The van der Waals surface area contributed by atoms with Crippen LogP contribution in [0.2, 0.25) is 0 Å². The highest BCUT2D eigenvalue weighted by Crippen LogP contribution is 2.11. The highest BCUT2D eigenvalue weighted by atomic mass is 16.2. The van der Waals surface area contributed by atoms with Crippen LogP contribution in [-0.2, 0) is 6.54 Å². The molecule has 3 nitrogen and oxygen atoms in total. The molecule has 0 radical (unpaired) electrons. The molecule has 0 saturated carbocycles. The zero-order valence-electron chi connectivity index (χ0n) is 10.6. The van der Waals surface area contributed by atoms with E-state index in [0.29, 0.717) is 6.54 Å². The summed E-state index contributed by atoms with van der Waals surface area (Å²) in [6.07, 6.45) is 2.27. The number of carbonyl (C=O) groups is 1. The molecule has 17 heavy (non-hydrogen) atoms. The highest BCUT2D eigenvalue weighted by Gasteiger charge is 2.17. The monoisotopic (exact) mass is 232 g/mol. The molecule has 1 aromatic carbocycles. The van der Waals surface area contributed by atoms with Crippen molar-refractivity contribution in [1.82, 2.24) is 10.2 Å². The van der Waals surface area contributed by atoms with Crippen molar-refractivity contribution < 1.29 is 4.79 Å². The van der Waals surface area contributed by atoms with Crippen LogP contribution in [0.25, 0.3) is 0 Å². The van der Waals surface area contributed by atoms with E-state index in [1.54, 1.807) is 0 Å². The molecule has 1 heterocycles. The summed E-state index contributed by atoms with van der Waals surface area (Å²) in [5, 5.41) is 2.99. The van der Waals surface area contributed by atoms with Gasteiger partial charge in [0.2, 0.25) is 0 Å². The van der Waals surface area contributed by atoms with Crippen LogP contribution in [0, 0.1) is 13.8 Å². The Morgan fingerprint density at radius 2 is 2.00 bits per heavy atom. The Hall–Kier alpha value is -1.51. The topological polar surface area (TPSA) is 32.3 Å². The lowest BCUT2D eigenvalue weighted by atomic mass is 10.1. The van der Waals surface area contributed by atoms with Gasteiger partial charge in [0, 0.05) is 19.6 Å². The van der Waals surface area contributed by atoms with Gasteiger partial charge in [-0.25, -0.2) is 4.79 Å². The number of likely N-dealkylation sites (tertiary alicyclic amines) is 1. The smallest absolute Gasteiger partial charge is 0.317 e. The first-order valence-electron chi connectivity index (χ1n) is 6.26. The first kappa shape index (κ1) is 12.0. The van der Waals surface area contributed by atoms with E-state index in [4.69, 9.17) is 0 Å². The number of hydrogen-bond acceptors (Lipinski definition) is 1. The first-order chi connectivity index (χ1) is 8.16. The van der Waals surface area contributed by atoms with Crippen molar-refractivity contribution in [3.8, 4) is 0 Å². The zero-order chi connectivity index (χ0) is 12.3. The lowest BCUT2D eigenvalue weighted by molar-refractivity contribution is 0.208. The number of hydrogen-bond donors (Lipinski definition) is 1. The molecule has 2 rings (SSSR count). The second-order valence-electron chi connectivity index (χ2n) is 4.78. The van der Waals surface area contributed by atoms with Gasteiger partial charge >= 0.3 is 6.03 Å². The van der Waals surface area contributed by atoms with E-state index in [0.717, 1.165) is 25.9 Å². The van der Waals surface area contributed by atoms with Crippen LogP contribution in [0.5, 0.6) is 0 Å². The molecule has 0 unspecified atom stereocenters. The number of benzene rings is 1. The van der Waals surface area contributed by atoms with Crippen molar-refractivity contribution in [1.29, 1.82) is 0 Å². The van der Waals surface area contributed by atoms with Gasteiger partial charge in [0.15, 0.2) is 0 Å². The summed E-state index contributed by atoms with van der Waals surface area (Å²) >= 11 is 0. The van der Waals surface area contributed by atoms with Crippen molar-refractivity contribution >= 4 is 6.03 Å². The average molecular weight is 232 g/mol. The second-order valence-corrected chi connectivity index (χ2v) is 4.78. The Morgan fingerprint density at radius 3 is 2.65 bits per heavy atom. The minimum atomic E-state index is 0.0717. The Balaban J connectivity index is 1.90. The van der Waals surface area contributed by atoms with Crippen molar-refractivity contribution in [3.63, 3.8) is 0 Å². The molecule has 0 atom stereocenters. The third-order valence-corrected chi connectivity index (χ3v) is 3.32. The van der Waals surface area contributed by atoms with E-state index in [2.05, 4.69) is 37.4 Å². The van der Waals surface area contributed by atoms with Gasteiger partial charge < -0.3 is 10.2 Å². The van der Waals surface area contributed by atoms with Crippen molar-refractivity contribution in [2.24, 2.45) is 0 Å². The molecule has 2 amide bonds. The fraction of sp³-hybridized carbons (Fsp3) is 0.500. The van der Waals surface area contributed by atoms with Crippen LogP contribution in [-0.4, -0.2) is 24.0 Å². The number of aryl methyl sites for hydroxylation is 2. The predicted molar refractivity (Wildman–Crippen MR) is 69.0 cm³/mol. The molecular formula is C14H20N2O. The normalized spacial score (nSPS) is 15.1. The Morgan fingerprint density at radius 1 is 1.29 bits per heavy atom. The zero-order valence-corrected chi connectivity index (χ0v) is 10.6. The van der Waals surface area contributed by atoms with E-state index in [1.807, 2.05) is 4.90 Å². The van der Waals surface area contributed by atoms with E-state index in [1.165, 1.54) is 16.7 Å². The summed E-state index contributed by atoms with van der Waals surface area (Å²) < 4.78 is 0. The Labute approximate surface area is 103 Å². The number of amides is 2. The number of urea groups is 1. The van der Waals surface area contributed by atoms with Gasteiger partial charge in [0.05, 0.1) is 0 Å². The average Bonchev–Trinajstić information content (AvgIpc) is 2.81. The quantitative estimate of drug-likeness (QED) is 0.835. The molecule has 3 heteroatoms. The van der Waals surface area contributed by atoms with Crippen LogP contribution in [0.15, 0.2) is 18.2 Å². The Bertz CT molecular complexity index is 409. The number of nitrogens with zero attached hydrogens (tertiary/aromatic N) is 1. The van der Waals surface area contributed by atoms with Crippen LogP contribution >= 0.6 is 0 Å². The van der Waals surface area contributed by atoms with E-state index in [-0.39, 0.29) is 6.03 Å². The fourth-order valence-corrected chi connectivity index (χ4v) is 2.25. The van der Waals surface area contributed by atoms with Crippen molar-refractivity contribution in [2.45, 2.75) is 33.2 Å². The third-order valence-electron chi connectivity index (χ3n) is 3.32. The van der Waals surface area contributed by atoms with E-state index < -0.39 is 0 Å². The summed E-state index contributed by atoms with van der Waals surface area (Å²) in [4.78, 5) is 13.7. The molecule has 0 bridgehead atoms. The maximum atomic E-state index is 11.8. The summed E-state index contributed by atoms with van der Waals surface area (Å²) in [6.45, 7) is 6.60. The van der Waals surface area contributed by atoms with E-state index in [9.17, 15) is 4.79 Å². The fourth-order valence-electron chi connectivity index (χ4n) is 2.25. The molecule has 1 fully saturated rings. The van der Waals surface area contributed by atoms with Crippen LogP contribution in [0.4, 0.5) is 4.79 Å². The van der Waals surface area contributed by atoms with Gasteiger partial charge in [0.1, 0.15) is 0 Å². The van der Waals surface area contributed by atoms with Crippen molar-refractivity contribution in [3.05, 3.63) is 34.9 Å². The minimum absolute atomic E-state index is 0.0717. The standard InChI is InChI=1S/C14H20N2O/c1-11-5-6-13(12(2)9-11)10-15-14(17)16-7-3-4-8-16/h5-6,9H,3-4,7-8,10H2,1-2H3,(H,15,17). The molecule has 1 N–H and O–H groups in total. The maximum absolute atomic E-state index is 11.8. The molecule has 1 aliphatic rings. The first-order valence-corrected chi connectivity index (χ1v) is 6.26. The lowest BCUT2D eigenvalue weighted by Gasteiger charge is -2.16. The number of nitrogens with one attached hydrogen (secondary N) is 1. The largest absolute Gasteiger partial charge is 0.334 e. The van der Waals surface area contributed by atoms with Gasteiger partial charge in [-0.15, -0.1) is 0 Å². The van der Waals surface area contributed by atoms with Crippen molar-refractivity contribution in [2.75, 3.05) is 13.1 Å². The van der Waals surface area contributed by atoms with Gasteiger partial charge in [-0.05, 0) is 37.8 Å². The number of rotatable bonds is 2. The third kappa shape index (κ3) is 2.99. The second kappa shape index (κ2) is 5.21. The summed E-state index contributed by atoms with van der Waals surface area (Å²) in [5.74, 6) is 0. The maximum Gasteiger partial charge on any atom is 0.317 e. The predicted octanol–water partition coefficient (Wildman–Crippen LogP) is 2.61. The van der Waals surface area contributed by atoms with Gasteiger partial charge in [0.25, 0.3) is 0 Å².